The molecule has 4 aliphatic rings. The van der Waals surface area contributed by atoms with Crippen molar-refractivity contribution in [1.29, 1.82) is 0 Å². The van der Waals surface area contributed by atoms with Crippen molar-refractivity contribution >= 4 is 23.6 Å². The standard InChI is InChI=1S/C23H35N3O5S/c1-13(2)32-18-17(31-26-20(18)30-12-21(3,4)10-16(24)27)19(28)25-22-6-14-5-15(7-22)9-23(29,8-14)11-22/h13-15,29H,5-12H2,1-4H3,(H2,24,27)(H,25,28). The van der Waals surface area contributed by atoms with E-state index in [1.165, 1.54) is 11.8 Å². The molecule has 1 aromatic rings. The minimum absolute atomic E-state index is 0.147. The van der Waals surface area contributed by atoms with Crippen molar-refractivity contribution in [1.82, 2.24) is 10.5 Å². The number of hydrogen-bond acceptors (Lipinski definition) is 7. The van der Waals surface area contributed by atoms with Gasteiger partial charge >= 0.3 is 0 Å². The van der Waals surface area contributed by atoms with Gasteiger partial charge in [0.05, 0.1) is 12.2 Å². The van der Waals surface area contributed by atoms with Gasteiger partial charge in [0.1, 0.15) is 4.90 Å². The third kappa shape index (κ3) is 4.93. The molecule has 2 amide bonds. The number of carbonyl (C=O) groups excluding carboxylic acids is 2. The topological polar surface area (TPSA) is 128 Å². The van der Waals surface area contributed by atoms with Crippen LogP contribution in [0.15, 0.2) is 9.42 Å². The van der Waals surface area contributed by atoms with Gasteiger partial charge in [0.25, 0.3) is 11.8 Å². The maximum Gasteiger partial charge on any atom is 0.291 e. The highest BCUT2D eigenvalue weighted by Gasteiger charge is 2.58. The minimum Gasteiger partial charge on any atom is -0.474 e. The molecule has 2 atom stereocenters. The highest BCUT2D eigenvalue weighted by molar-refractivity contribution is 8.00. The van der Waals surface area contributed by atoms with Crippen molar-refractivity contribution in [2.45, 2.75) is 93.9 Å². The highest BCUT2D eigenvalue weighted by atomic mass is 32.2. The lowest BCUT2D eigenvalue weighted by atomic mass is 9.51. The Morgan fingerprint density at radius 3 is 2.53 bits per heavy atom. The van der Waals surface area contributed by atoms with E-state index in [2.05, 4.69) is 10.5 Å². The lowest BCUT2D eigenvalue weighted by Crippen LogP contribution is -2.65. The molecule has 0 aromatic carbocycles. The molecule has 0 saturated heterocycles. The third-order valence-corrected chi connectivity index (χ3v) is 7.91. The molecule has 32 heavy (non-hydrogen) atoms. The second-order valence-corrected chi connectivity index (χ2v) is 12.9. The van der Waals surface area contributed by atoms with Crippen LogP contribution < -0.4 is 15.8 Å². The van der Waals surface area contributed by atoms with Gasteiger partial charge in [-0.2, -0.15) is 0 Å². The molecule has 4 aliphatic carbocycles. The summed E-state index contributed by atoms with van der Waals surface area (Å²) in [6.07, 6.45) is 5.43. The van der Waals surface area contributed by atoms with Gasteiger partial charge in [0, 0.05) is 22.6 Å². The van der Waals surface area contributed by atoms with Gasteiger partial charge in [-0.3, -0.25) is 9.59 Å². The molecule has 0 spiro atoms. The minimum atomic E-state index is -0.658. The highest BCUT2D eigenvalue weighted by Crippen LogP contribution is 2.57. The zero-order chi connectivity index (χ0) is 23.3. The van der Waals surface area contributed by atoms with Crippen molar-refractivity contribution in [3.8, 4) is 5.88 Å². The molecule has 4 saturated carbocycles. The molecule has 5 rings (SSSR count). The van der Waals surface area contributed by atoms with Crippen molar-refractivity contribution in [3.63, 3.8) is 0 Å². The maximum atomic E-state index is 13.3. The monoisotopic (exact) mass is 465 g/mol. The first-order valence-electron chi connectivity index (χ1n) is 11.5. The van der Waals surface area contributed by atoms with Crippen molar-refractivity contribution in [2.24, 2.45) is 23.0 Å². The fourth-order valence-electron chi connectivity index (χ4n) is 6.29. The van der Waals surface area contributed by atoms with Gasteiger partial charge in [-0.25, -0.2) is 0 Å². The SMILES string of the molecule is CC(C)Sc1c(OCC(C)(C)CC(N)=O)noc1C(=O)NC12CC3CC(CC(O)(C3)C1)C2. The number of aromatic nitrogens is 1. The molecular weight excluding hydrogens is 430 g/mol. The molecule has 4 bridgehead atoms. The largest absolute Gasteiger partial charge is 0.474 e. The van der Waals surface area contributed by atoms with Gasteiger partial charge in [-0.05, 0) is 55.5 Å². The van der Waals surface area contributed by atoms with Crippen LogP contribution in [0.25, 0.3) is 0 Å². The number of ether oxygens (including phenoxy) is 1. The van der Waals surface area contributed by atoms with Crippen LogP contribution in [0, 0.1) is 17.3 Å². The molecule has 0 radical (unpaired) electrons. The maximum absolute atomic E-state index is 13.3. The van der Waals surface area contributed by atoms with Crippen molar-refractivity contribution < 1.29 is 24.0 Å². The Bertz CT molecular complexity index is 882. The smallest absolute Gasteiger partial charge is 0.291 e. The zero-order valence-corrected chi connectivity index (χ0v) is 20.2. The van der Waals surface area contributed by atoms with Crippen molar-refractivity contribution in [2.75, 3.05) is 6.61 Å². The summed E-state index contributed by atoms with van der Waals surface area (Å²) < 4.78 is 11.4. The Kier molecular flexibility index (Phi) is 6.03. The number of hydrogen-bond donors (Lipinski definition) is 3. The van der Waals surface area contributed by atoms with Crippen LogP contribution in [0.5, 0.6) is 5.88 Å². The molecule has 1 aromatic heterocycles. The van der Waals surface area contributed by atoms with Crippen LogP contribution in [0.1, 0.15) is 83.2 Å². The second kappa shape index (κ2) is 8.24. The van der Waals surface area contributed by atoms with Crippen LogP contribution in [-0.4, -0.2) is 45.1 Å². The summed E-state index contributed by atoms with van der Waals surface area (Å²) in [6.45, 7) is 8.04. The molecule has 9 heteroatoms. The number of nitrogens with two attached hydrogens (primary N) is 1. The zero-order valence-electron chi connectivity index (χ0n) is 19.4. The first kappa shape index (κ1) is 23.4. The molecular formula is C23H35N3O5S. The molecule has 1 heterocycles. The summed E-state index contributed by atoms with van der Waals surface area (Å²) in [5.41, 5.74) is 3.82. The normalized spacial score (nSPS) is 31.2. The lowest BCUT2D eigenvalue weighted by Gasteiger charge is -2.60. The summed E-state index contributed by atoms with van der Waals surface area (Å²) in [5.74, 6) is 0.634. The van der Waals surface area contributed by atoms with Crippen LogP contribution >= 0.6 is 11.8 Å². The van der Waals surface area contributed by atoms with Crippen LogP contribution in [-0.2, 0) is 4.79 Å². The van der Waals surface area contributed by atoms with E-state index in [9.17, 15) is 14.7 Å². The van der Waals surface area contributed by atoms with E-state index in [1.807, 2.05) is 27.7 Å². The number of rotatable bonds is 9. The molecule has 4 N–H and O–H groups in total. The first-order valence-corrected chi connectivity index (χ1v) is 12.4. The van der Waals surface area contributed by atoms with Gasteiger partial charge in [-0.1, -0.05) is 27.7 Å². The third-order valence-electron chi connectivity index (χ3n) is 6.84. The fourth-order valence-corrected chi connectivity index (χ4v) is 7.19. The lowest BCUT2D eigenvalue weighted by molar-refractivity contribution is -0.139. The summed E-state index contributed by atoms with van der Waals surface area (Å²) in [5, 5.41) is 18.4. The Morgan fingerprint density at radius 2 is 1.97 bits per heavy atom. The van der Waals surface area contributed by atoms with Crippen LogP contribution in [0.4, 0.5) is 0 Å². The van der Waals surface area contributed by atoms with Crippen molar-refractivity contribution in [3.05, 3.63) is 5.76 Å². The van der Waals surface area contributed by atoms with Crippen LogP contribution in [0.3, 0.4) is 0 Å². The number of aliphatic hydroxyl groups is 1. The Morgan fingerprint density at radius 1 is 1.31 bits per heavy atom. The van der Waals surface area contributed by atoms with E-state index in [-0.39, 0.29) is 41.4 Å². The molecule has 2 unspecified atom stereocenters. The molecule has 0 aliphatic heterocycles. The van der Waals surface area contributed by atoms with Gasteiger partial charge < -0.3 is 25.4 Å². The van der Waals surface area contributed by atoms with E-state index in [1.54, 1.807) is 0 Å². The van der Waals surface area contributed by atoms with E-state index in [0.29, 0.717) is 23.2 Å². The fraction of sp³-hybridized carbons (Fsp3) is 0.783. The molecule has 4 fully saturated rings. The van der Waals surface area contributed by atoms with Crippen LogP contribution in [0.2, 0.25) is 0 Å². The number of thioether (sulfide) groups is 1. The molecule has 8 nitrogen and oxygen atoms in total. The number of nitrogens with zero attached hydrogens (tertiary/aromatic N) is 1. The average molecular weight is 466 g/mol. The quantitative estimate of drug-likeness (QED) is 0.478. The molecule has 178 valence electrons. The van der Waals surface area contributed by atoms with E-state index in [0.717, 1.165) is 32.1 Å². The summed E-state index contributed by atoms with van der Waals surface area (Å²) in [4.78, 5) is 25.2. The average Bonchev–Trinajstić information content (AvgIpc) is 2.98. The van der Waals surface area contributed by atoms with Gasteiger partial charge in [0.2, 0.25) is 11.7 Å². The number of nitrogens with one attached hydrogen (secondary N) is 1. The Hall–Kier alpha value is -1.74. The predicted octanol–water partition coefficient (Wildman–Crippen LogP) is 3.27. The Labute approximate surface area is 193 Å². The van der Waals surface area contributed by atoms with Gasteiger partial charge in [0.15, 0.2) is 0 Å². The van der Waals surface area contributed by atoms with E-state index < -0.39 is 16.9 Å². The first-order chi connectivity index (χ1) is 14.9. The number of amides is 2. The number of primary amides is 1. The van der Waals surface area contributed by atoms with E-state index in [4.69, 9.17) is 15.0 Å². The summed E-state index contributed by atoms with van der Waals surface area (Å²) in [6, 6.07) is 0. The van der Waals surface area contributed by atoms with E-state index >= 15 is 0 Å². The number of carbonyl (C=O) groups is 2. The summed E-state index contributed by atoms with van der Waals surface area (Å²) >= 11 is 1.46. The Balaban J connectivity index is 1.51. The van der Waals surface area contributed by atoms with Gasteiger partial charge in [-0.15, -0.1) is 11.8 Å². The predicted molar refractivity (Wildman–Crippen MR) is 120 cm³/mol. The second-order valence-electron chi connectivity index (χ2n) is 11.3. The summed E-state index contributed by atoms with van der Waals surface area (Å²) in [7, 11) is 0.